The first-order valence-corrected chi connectivity index (χ1v) is 10.1. The third-order valence-corrected chi connectivity index (χ3v) is 5.84. The van der Waals surface area contributed by atoms with Crippen LogP contribution in [0.25, 0.3) is 5.69 Å². The summed E-state index contributed by atoms with van der Waals surface area (Å²) in [7, 11) is 1.64. The third-order valence-electron chi connectivity index (χ3n) is 4.92. The standard InChI is InChI=1S/C19H26N4O2S/c1-13-6-4-5-7-17(13)20-18(24)12-26-19-22-21-14(2)23(19)15-8-10-16(25-3)11-9-15/h8-11,13,17H,4-7,12H2,1-3H3,(H,20,24). The van der Waals surface area contributed by atoms with Crippen LogP contribution in [0.2, 0.25) is 0 Å². The lowest BCUT2D eigenvalue weighted by molar-refractivity contribution is -0.119. The minimum Gasteiger partial charge on any atom is -0.497 e. The molecule has 0 spiro atoms. The monoisotopic (exact) mass is 374 g/mol. The summed E-state index contributed by atoms with van der Waals surface area (Å²) in [6, 6.07) is 8.03. The number of thioether (sulfide) groups is 1. The summed E-state index contributed by atoms with van der Waals surface area (Å²) in [5, 5.41) is 12.3. The first-order valence-electron chi connectivity index (χ1n) is 9.07. The van der Waals surface area contributed by atoms with Crippen LogP contribution in [0, 0.1) is 12.8 Å². The largest absolute Gasteiger partial charge is 0.497 e. The number of aromatic nitrogens is 3. The molecule has 0 saturated heterocycles. The van der Waals surface area contributed by atoms with Gasteiger partial charge in [0.05, 0.1) is 12.9 Å². The highest BCUT2D eigenvalue weighted by atomic mass is 32.2. The number of hydrogen-bond donors (Lipinski definition) is 1. The van der Waals surface area contributed by atoms with Gasteiger partial charge in [-0.1, -0.05) is 31.5 Å². The Kier molecular flexibility index (Phi) is 6.19. The summed E-state index contributed by atoms with van der Waals surface area (Å²) in [6.07, 6.45) is 4.75. The lowest BCUT2D eigenvalue weighted by atomic mass is 9.86. The molecule has 0 bridgehead atoms. The molecule has 1 aliphatic carbocycles. The van der Waals surface area contributed by atoms with Crippen LogP contribution in [0.15, 0.2) is 29.4 Å². The Balaban J connectivity index is 1.64. The fourth-order valence-corrected chi connectivity index (χ4v) is 4.18. The summed E-state index contributed by atoms with van der Waals surface area (Å²) < 4.78 is 7.17. The number of carbonyl (C=O) groups is 1. The lowest BCUT2D eigenvalue weighted by Crippen LogP contribution is -2.41. The number of rotatable bonds is 6. The minimum absolute atomic E-state index is 0.0654. The number of ether oxygens (including phenoxy) is 1. The van der Waals surface area contributed by atoms with E-state index >= 15 is 0 Å². The predicted molar refractivity (Wildman–Crippen MR) is 103 cm³/mol. The molecule has 2 atom stereocenters. The van der Waals surface area contributed by atoms with E-state index in [0.717, 1.165) is 28.8 Å². The van der Waals surface area contributed by atoms with Gasteiger partial charge in [0.15, 0.2) is 5.16 Å². The molecule has 1 N–H and O–H groups in total. The number of hydrogen-bond acceptors (Lipinski definition) is 5. The van der Waals surface area contributed by atoms with Gasteiger partial charge in [-0.25, -0.2) is 0 Å². The highest BCUT2D eigenvalue weighted by Gasteiger charge is 2.23. The van der Waals surface area contributed by atoms with Crippen LogP contribution in [0.5, 0.6) is 5.75 Å². The van der Waals surface area contributed by atoms with Crippen molar-refractivity contribution in [2.75, 3.05) is 12.9 Å². The Hall–Kier alpha value is -2.02. The van der Waals surface area contributed by atoms with Crippen molar-refractivity contribution in [3.8, 4) is 11.4 Å². The summed E-state index contributed by atoms with van der Waals surface area (Å²) >= 11 is 1.42. The maximum atomic E-state index is 12.4. The number of methoxy groups -OCH3 is 1. The van der Waals surface area contributed by atoms with Gasteiger partial charge in [0.2, 0.25) is 5.91 Å². The van der Waals surface area contributed by atoms with Crippen LogP contribution in [0.1, 0.15) is 38.4 Å². The number of nitrogens with zero attached hydrogens (tertiary/aromatic N) is 3. The molecule has 1 aliphatic rings. The second kappa shape index (κ2) is 8.58. The van der Waals surface area contributed by atoms with E-state index in [1.54, 1.807) is 7.11 Å². The van der Waals surface area contributed by atoms with Gasteiger partial charge in [-0.2, -0.15) is 0 Å². The Morgan fingerprint density at radius 3 is 2.69 bits per heavy atom. The molecule has 1 aromatic heterocycles. The second-order valence-corrected chi connectivity index (χ2v) is 7.73. The highest BCUT2D eigenvalue weighted by Crippen LogP contribution is 2.25. The Morgan fingerprint density at radius 2 is 2.00 bits per heavy atom. The Labute approximate surface area is 158 Å². The van der Waals surface area contributed by atoms with Crippen LogP contribution in [-0.2, 0) is 4.79 Å². The van der Waals surface area contributed by atoms with Crippen LogP contribution < -0.4 is 10.1 Å². The fraction of sp³-hybridized carbons (Fsp3) is 0.526. The molecule has 140 valence electrons. The maximum absolute atomic E-state index is 12.4. The van der Waals surface area contributed by atoms with Crippen molar-refractivity contribution in [2.24, 2.45) is 5.92 Å². The van der Waals surface area contributed by atoms with Crippen LogP contribution >= 0.6 is 11.8 Å². The van der Waals surface area contributed by atoms with E-state index in [1.165, 1.54) is 31.0 Å². The molecular formula is C19H26N4O2S. The number of aryl methyl sites for hydroxylation is 1. The molecule has 26 heavy (non-hydrogen) atoms. The second-order valence-electron chi connectivity index (χ2n) is 6.79. The van der Waals surface area contributed by atoms with Crippen molar-refractivity contribution in [1.29, 1.82) is 0 Å². The van der Waals surface area contributed by atoms with Crippen molar-refractivity contribution in [3.05, 3.63) is 30.1 Å². The SMILES string of the molecule is COc1ccc(-n2c(C)nnc2SCC(=O)NC2CCCCC2C)cc1. The third kappa shape index (κ3) is 4.38. The van der Waals surface area contributed by atoms with Crippen LogP contribution in [0.3, 0.4) is 0 Å². The average molecular weight is 375 g/mol. The molecule has 7 heteroatoms. The summed E-state index contributed by atoms with van der Waals surface area (Å²) in [5.74, 6) is 2.56. The van der Waals surface area contributed by atoms with Gasteiger partial charge in [0.25, 0.3) is 0 Å². The molecule has 1 saturated carbocycles. The van der Waals surface area contributed by atoms with Crippen molar-refractivity contribution >= 4 is 17.7 Å². The molecule has 1 aromatic carbocycles. The summed E-state index contributed by atoms with van der Waals surface area (Å²) in [5.41, 5.74) is 0.956. The first-order chi connectivity index (χ1) is 12.6. The zero-order chi connectivity index (χ0) is 18.5. The number of carbonyl (C=O) groups excluding carboxylic acids is 1. The van der Waals surface area contributed by atoms with Gasteiger partial charge in [-0.05, 0) is 49.9 Å². The molecule has 3 rings (SSSR count). The molecule has 0 aliphatic heterocycles. The van der Waals surface area contributed by atoms with Crippen molar-refractivity contribution in [1.82, 2.24) is 20.1 Å². The van der Waals surface area contributed by atoms with Gasteiger partial charge in [-0.3, -0.25) is 9.36 Å². The van der Waals surface area contributed by atoms with Crippen molar-refractivity contribution in [3.63, 3.8) is 0 Å². The molecule has 6 nitrogen and oxygen atoms in total. The Bertz CT molecular complexity index is 744. The number of nitrogens with one attached hydrogen (secondary N) is 1. The van der Waals surface area contributed by atoms with E-state index in [2.05, 4.69) is 22.4 Å². The van der Waals surface area contributed by atoms with E-state index in [0.29, 0.717) is 17.7 Å². The summed E-state index contributed by atoms with van der Waals surface area (Å²) in [4.78, 5) is 12.4. The highest BCUT2D eigenvalue weighted by molar-refractivity contribution is 7.99. The zero-order valence-electron chi connectivity index (χ0n) is 15.6. The van der Waals surface area contributed by atoms with Crippen LogP contribution in [0.4, 0.5) is 0 Å². The normalized spacial score (nSPS) is 20.0. The van der Waals surface area contributed by atoms with Gasteiger partial charge in [0.1, 0.15) is 11.6 Å². The topological polar surface area (TPSA) is 69.0 Å². The van der Waals surface area contributed by atoms with Crippen molar-refractivity contribution < 1.29 is 9.53 Å². The maximum Gasteiger partial charge on any atom is 0.230 e. The van der Waals surface area contributed by atoms with Gasteiger partial charge in [-0.15, -0.1) is 10.2 Å². The molecule has 1 heterocycles. The summed E-state index contributed by atoms with van der Waals surface area (Å²) in [6.45, 7) is 4.13. The van der Waals surface area contributed by atoms with Gasteiger partial charge in [0, 0.05) is 11.7 Å². The van der Waals surface area contributed by atoms with E-state index in [-0.39, 0.29) is 5.91 Å². The first kappa shape index (κ1) is 18.8. The molecule has 0 radical (unpaired) electrons. The fourth-order valence-electron chi connectivity index (χ4n) is 3.37. The molecule has 1 fully saturated rings. The van der Waals surface area contributed by atoms with Crippen LogP contribution in [-0.4, -0.2) is 39.6 Å². The van der Waals surface area contributed by atoms with Gasteiger partial charge < -0.3 is 10.1 Å². The Morgan fingerprint density at radius 1 is 1.27 bits per heavy atom. The van der Waals surface area contributed by atoms with E-state index < -0.39 is 0 Å². The van der Waals surface area contributed by atoms with Crippen molar-refractivity contribution in [2.45, 2.75) is 50.7 Å². The smallest absolute Gasteiger partial charge is 0.230 e. The molecule has 2 aromatic rings. The average Bonchev–Trinajstić information content (AvgIpc) is 3.02. The number of benzene rings is 1. The lowest BCUT2D eigenvalue weighted by Gasteiger charge is -2.29. The minimum atomic E-state index is 0.0654. The van der Waals surface area contributed by atoms with Gasteiger partial charge >= 0.3 is 0 Å². The molecule has 1 amide bonds. The van der Waals surface area contributed by atoms with E-state index in [4.69, 9.17) is 4.74 Å². The number of amides is 1. The quantitative estimate of drug-likeness (QED) is 0.785. The predicted octanol–water partition coefficient (Wildman–Crippen LogP) is 3.37. The molecule has 2 unspecified atom stereocenters. The van der Waals surface area contributed by atoms with E-state index in [9.17, 15) is 4.79 Å². The molecular weight excluding hydrogens is 348 g/mol. The zero-order valence-corrected chi connectivity index (χ0v) is 16.4. The van der Waals surface area contributed by atoms with E-state index in [1.807, 2.05) is 35.8 Å².